The zero-order chi connectivity index (χ0) is 9.26. The van der Waals surface area contributed by atoms with E-state index in [2.05, 4.69) is 32.7 Å². The lowest BCUT2D eigenvalue weighted by atomic mass is 10.4. The van der Waals surface area contributed by atoms with Gasteiger partial charge in [0.2, 0.25) is 0 Å². The molecule has 13 heavy (non-hydrogen) atoms. The molecule has 0 spiro atoms. The van der Waals surface area contributed by atoms with Crippen LogP contribution in [0.3, 0.4) is 0 Å². The van der Waals surface area contributed by atoms with E-state index >= 15 is 0 Å². The van der Waals surface area contributed by atoms with E-state index in [1.165, 1.54) is 0 Å². The summed E-state index contributed by atoms with van der Waals surface area (Å²) in [7, 11) is 0. The second-order valence-corrected chi connectivity index (χ2v) is 3.69. The van der Waals surface area contributed by atoms with Crippen LogP contribution in [0.25, 0.3) is 5.82 Å². The molecule has 0 amide bonds. The van der Waals surface area contributed by atoms with Gasteiger partial charge in [0.05, 0.1) is 15.5 Å². The summed E-state index contributed by atoms with van der Waals surface area (Å²) >= 11 is 2.18. The first-order valence-electron chi connectivity index (χ1n) is 3.68. The van der Waals surface area contributed by atoms with Crippen LogP contribution in [-0.2, 0) is 0 Å². The maximum absolute atomic E-state index is 5.58. The number of rotatable bonds is 1. The van der Waals surface area contributed by atoms with E-state index in [4.69, 9.17) is 5.73 Å². The Kier molecular flexibility index (Phi) is 2.17. The smallest absolute Gasteiger partial charge is 0.166 e. The first-order chi connectivity index (χ1) is 6.27. The van der Waals surface area contributed by atoms with E-state index in [0.717, 1.165) is 9.39 Å². The molecule has 0 saturated heterocycles. The van der Waals surface area contributed by atoms with Crippen LogP contribution in [0.1, 0.15) is 0 Å². The number of nitrogens with zero attached hydrogens (tertiary/aromatic N) is 3. The first-order valence-corrected chi connectivity index (χ1v) is 4.76. The topological polar surface area (TPSA) is 56.7 Å². The van der Waals surface area contributed by atoms with Crippen molar-refractivity contribution in [1.29, 1.82) is 0 Å². The van der Waals surface area contributed by atoms with Gasteiger partial charge in [-0.1, -0.05) is 0 Å². The first kappa shape index (κ1) is 8.49. The zero-order valence-corrected chi connectivity index (χ0v) is 8.84. The Labute approximate surface area is 88.9 Å². The summed E-state index contributed by atoms with van der Waals surface area (Å²) in [5.74, 6) is 0.805. The number of nitrogens with two attached hydrogens (primary N) is 1. The van der Waals surface area contributed by atoms with Gasteiger partial charge in [-0.25, -0.2) is 9.67 Å². The summed E-state index contributed by atoms with van der Waals surface area (Å²) in [5, 5.41) is 4.09. The zero-order valence-electron chi connectivity index (χ0n) is 6.68. The largest absolute Gasteiger partial charge is 0.397 e. The van der Waals surface area contributed by atoms with E-state index in [-0.39, 0.29) is 0 Å². The molecule has 0 aliphatic carbocycles. The van der Waals surface area contributed by atoms with Gasteiger partial charge >= 0.3 is 0 Å². The highest BCUT2D eigenvalue weighted by Gasteiger charge is 2.03. The summed E-state index contributed by atoms with van der Waals surface area (Å²) in [5.41, 5.74) is 6.25. The van der Waals surface area contributed by atoms with Gasteiger partial charge in [0, 0.05) is 12.4 Å². The second kappa shape index (κ2) is 3.33. The molecule has 0 fully saturated rings. The highest BCUT2D eigenvalue weighted by Crippen LogP contribution is 2.15. The van der Waals surface area contributed by atoms with Crippen molar-refractivity contribution in [2.45, 2.75) is 0 Å². The lowest BCUT2D eigenvalue weighted by Crippen LogP contribution is -2.01. The van der Waals surface area contributed by atoms with Crippen LogP contribution in [0.4, 0.5) is 5.69 Å². The standard InChI is InChI=1S/C8H7IN4/c9-7-4-6(10)5-11-8(7)13-3-1-2-12-13/h1-5H,10H2. The number of hydrogen-bond donors (Lipinski definition) is 1. The molecule has 0 aliphatic heterocycles. The predicted octanol–water partition coefficient (Wildman–Crippen LogP) is 1.45. The summed E-state index contributed by atoms with van der Waals surface area (Å²) in [4.78, 5) is 4.19. The molecule has 2 heterocycles. The molecule has 0 atom stereocenters. The molecular weight excluding hydrogens is 279 g/mol. The summed E-state index contributed by atoms with van der Waals surface area (Å²) < 4.78 is 2.70. The molecule has 0 saturated carbocycles. The SMILES string of the molecule is Nc1cnc(-n2cccn2)c(I)c1. The monoisotopic (exact) mass is 286 g/mol. The summed E-state index contributed by atoms with van der Waals surface area (Å²) in [6, 6.07) is 3.72. The van der Waals surface area contributed by atoms with Crippen molar-refractivity contribution in [3.8, 4) is 5.82 Å². The van der Waals surface area contributed by atoms with Gasteiger partial charge in [0.15, 0.2) is 5.82 Å². The lowest BCUT2D eigenvalue weighted by molar-refractivity contribution is 0.842. The Morgan fingerprint density at radius 1 is 1.46 bits per heavy atom. The van der Waals surface area contributed by atoms with Crippen LogP contribution < -0.4 is 5.73 Å². The molecule has 4 nitrogen and oxygen atoms in total. The third kappa shape index (κ3) is 1.64. The minimum Gasteiger partial charge on any atom is -0.397 e. The van der Waals surface area contributed by atoms with Gasteiger partial charge < -0.3 is 5.73 Å². The number of aromatic nitrogens is 3. The number of hydrogen-bond acceptors (Lipinski definition) is 3. The van der Waals surface area contributed by atoms with Gasteiger partial charge in [-0.15, -0.1) is 0 Å². The van der Waals surface area contributed by atoms with Gasteiger partial charge in [-0.3, -0.25) is 0 Å². The number of pyridine rings is 1. The van der Waals surface area contributed by atoms with Crippen molar-refractivity contribution < 1.29 is 0 Å². The summed E-state index contributed by atoms with van der Waals surface area (Å²) in [6.07, 6.45) is 5.19. The van der Waals surface area contributed by atoms with Crippen LogP contribution in [0.15, 0.2) is 30.7 Å². The maximum Gasteiger partial charge on any atom is 0.166 e. The average Bonchev–Trinajstić information content (AvgIpc) is 2.56. The molecule has 2 rings (SSSR count). The summed E-state index contributed by atoms with van der Waals surface area (Å²) in [6.45, 7) is 0. The van der Waals surface area contributed by atoms with Crippen LogP contribution in [-0.4, -0.2) is 14.8 Å². The normalized spacial score (nSPS) is 10.2. The quantitative estimate of drug-likeness (QED) is 0.807. The Morgan fingerprint density at radius 3 is 2.92 bits per heavy atom. The fourth-order valence-electron chi connectivity index (χ4n) is 1.01. The predicted molar refractivity (Wildman–Crippen MR) is 58.5 cm³/mol. The third-order valence-electron chi connectivity index (χ3n) is 1.56. The van der Waals surface area contributed by atoms with Crippen molar-refractivity contribution in [3.05, 3.63) is 34.3 Å². The Bertz CT molecular complexity index is 410. The minimum atomic E-state index is 0.667. The minimum absolute atomic E-state index is 0.667. The molecule has 2 aromatic rings. The number of halogens is 1. The highest BCUT2D eigenvalue weighted by atomic mass is 127. The Morgan fingerprint density at radius 2 is 2.31 bits per heavy atom. The fraction of sp³-hybridized carbons (Fsp3) is 0. The number of nitrogen functional groups attached to an aromatic ring is 1. The lowest BCUT2D eigenvalue weighted by Gasteiger charge is -2.03. The van der Waals surface area contributed by atoms with Crippen LogP contribution in [0.2, 0.25) is 0 Å². The van der Waals surface area contributed by atoms with Crippen molar-refractivity contribution in [3.63, 3.8) is 0 Å². The average molecular weight is 286 g/mol. The molecule has 0 unspecified atom stereocenters. The van der Waals surface area contributed by atoms with E-state index in [1.807, 2.05) is 18.3 Å². The maximum atomic E-state index is 5.58. The molecular formula is C8H7IN4. The molecule has 66 valence electrons. The highest BCUT2D eigenvalue weighted by molar-refractivity contribution is 14.1. The molecule has 0 aromatic carbocycles. The van der Waals surface area contributed by atoms with E-state index < -0.39 is 0 Å². The van der Waals surface area contributed by atoms with Gasteiger partial charge in [-0.05, 0) is 34.7 Å². The van der Waals surface area contributed by atoms with Gasteiger partial charge in [-0.2, -0.15) is 5.10 Å². The van der Waals surface area contributed by atoms with E-state index in [9.17, 15) is 0 Å². The van der Waals surface area contributed by atoms with Crippen molar-refractivity contribution in [1.82, 2.24) is 14.8 Å². The van der Waals surface area contributed by atoms with Crippen LogP contribution in [0.5, 0.6) is 0 Å². The van der Waals surface area contributed by atoms with E-state index in [1.54, 1.807) is 17.1 Å². The third-order valence-corrected chi connectivity index (χ3v) is 2.36. The Hall–Kier alpha value is -1.11. The van der Waals surface area contributed by atoms with Crippen molar-refractivity contribution >= 4 is 28.3 Å². The van der Waals surface area contributed by atoms with Crippen molar-refractivity contribution in [2.75, 3.05) is 5.73 Å². The molecule has 2 aromatic heterocycles. The molecule has 5 heteroatoms. The van der Waals surface area contributed by atoms with Gasteiger partial charge in [0.25, 0.3) is 0 Å². The number of anilines is 1. The van der Waals surface area contributed by atoms with Crippen molar-refractivity contribution in [2.24, 2.45) is 0 Å². The van der Waals surface area contributed by atoms with Crippen LogP contribution in [0, 0.1) is 3.57 Å². The molecule has 2 N–H and O–H groups in total. The van der Waals surface area contributed by atoms with Crippen LogP contribution >= 0.6 is 22.6 Å². The fourth-order valence-corrected chi connectivity index (χ4v) is 1.75. The van der Waals surface area contributed by atoms with Gasteiger partial charge in [0.1, 0.15) is 0 Å². The molecule has 0 bridgehead atoms. The Balaban J connectivity index is 2.53. The molecule has 0 radical (unpaired) electrons. The van der Waals surface area contributed by atoms with E-state index in [0.29, 0.717) is 5.69 Å². The molecule has 0 aliphatic rings. The second-order valence-electron chi connectivity index (χ2n) is 2.52.